The van der Waals surface area contributed by atoms with Gasteiger partial charge in [0.1, 0.15) is 17.5 Å². The van der Waals surface area contributed by atoms with E-state index < -0.39 is 29.7 Å². The minimum atomic E-state index is -1.34. The van der Waals surface area contributed by atoms with E-state index in [0.717, 1.165) is 4.90 Å². The van der Waals surface area contributed by atoms with E-state index in [4.69, 9.17) is 32.7 Å². The minimum Gasteiger partial charge on any atom is -0.497 e. The maximum Gasteiger partial charge on any atom is 0.328 e. The quantitative estimate of drug-likeness (QED) is 0.253. The molecule has 10 nitrogen and oxygen atoms in total. The Hall–Kier alpha value is -3.41. The van der Waals surface area contributed by atoms with Gasteiger partial charge in [0.15, 0.2) is 0 Å². The number of methoxy groups -OCH3 is 2. The number of benzene rings is 2. The lowest BCUT2D eigenvalue weighted by atomic mass is 9.95. The van der Waals surface area contributed by atoms with E-state index in [1.54, 1.807) is 23.1 Å². The molecule has 3 amide bonds. The monoisotopic (exact) mass is 623 g/mol. The Morgan fingerprint density at radius 3 is 2.41 bits per heavy atom. The molecule has 220 valence electrons. The van der Waals surface area contributed by atoms with Crippen molar-refractivity contribution in [3.8, 4) is 11.5 Å². The molecule has 2 aromatic carbocycles. The summed E-state index contributed by atoms with van der Waals surface area (Å²) in [5, 5.41) is 15.4. The molecular formula is C28H31Cl2N3O7S. The highest BCUT2D eigenvalue weighted by Gasteiger charge is 2.30. The highest BCUT2D eigenvalue weighted by atomic mass is 35.5. The first kappa shape index (κ1) is 32.1. The average Bonchev–Trinajstić information content (AvgIpc) is 2.99. The number of carbonyl (C=O) groups is 4. The molecule has 3 N–H and O–H groups in total. The van der Waals surface area contributed by atoms with E-state index in [0.29, 0.717) is 47.3 Å². The van der Waals surface area contributed by atoms with Gasteiger partial charge in [0.25, 0.3) is 5.91 Å². The van der Waals surface area contributed by atoms with Gasteiger partial charge in [0.05, 0.1) is 29.8 Å². The van der Waals surface area contributed by atoms with Gasteiger partial charge in [0.2, 0.25) is 11.8 Å². The van der Waals surface area contributed by atoms with E-state index in [2.05, 4.69) is 10.6 Å². The van der Waals surface area contributed by atoms with Crippen LogP contribution in [0, 0.1) is 5.92 Å². The Labute approximate surface area is 252 Å². The fraction of sp³-hybridized carbons (Fsp3) is 0.357. The number of nitrogens with one attached hydrogen (secondary N) is 2. The zero-order chi connectivity index (χ0) is 30.1. The molecule has 0 aliphatic carbocycles. The van der Waals surface area contributed by atoms with Crippen LogP contribution < -0.4 is 20.1 Å². The van der Waals surface area contributed by atoms with Gasteiger partial charge in [-0.25, -0.2) is 4.79 Å². The van der Waals surface area contributed by atoms with Crippen molar-refractivity contribution in [2.24, 2.45) is 5.92 Å². The molecule has 0 unspecified atom stereocenters. The number of carbonyl (C=O) groups excluding carboxylic acids is 3. The second kappa shape index (κ2) is 15.0. The molecule has 0 aromatic heterocycles. The number of ether oxygens (including phenoxy) is 2. The van der Waals surface area contributed by atoms with Gasteiger partial charge in [-0.3, -0.25) is 14.4 Å². The minimum absolute atomic E-state index is 0.192. The third-order valence-corrected chi connectivity index (χ3v) is 8.40. The third kappa shape index (κ3) is 8.31. The molecule has 1 aliphatic rings. The summed E-state index contributed by atoms with van der Waals surface area (Å²) in [6.45, 7) is 0.321. The maximum atomic E-state index is 12.8. The summed E-state index contributed by atoms with van der Waals surface area (Å²) in [4.78, 5) is 52.4. The number of carboxylic acid groups (broad SMARTS) is 1. The number of aliphatic carboxylic acids is 1. The van der Waals surface area contributed by atoms with Crippen LogP contribution in [0.5, 0.6) is 11.5 Å². The molecule has 2 aromatic rings. The lowest BCUT2D eigenvalue weighted by molar-refractivity contribution is -0.142. The molecule has 0 spiro atoms. The van der Waals surface area contributed by atoms with E-state index in [-0.39, 0.29) is 23.8 Å². The number of carboxylic acids is 1. The van der Waals surface area contributed by atoms with E-state index in [1.165, 1.54) is 44.2 Å². The molecule has 0 saturated carbocycles. The van der Waals surface area contributed by atoms with Crippen molar-refractivity contribution in [3.63, 3.8) is 0 Å². The van der Waals surface area contributed by atoms with Crippen LogP contribution in [0.15, 0.2) is 41.3 Å². The van der Waals surface area contributed by atoms with Gasteiger partial charge in [-0.2, -0.15) is 0 Å². The predicted octanol–water partition coefficient (Wildman–Crippen LogP) is 3.98. The number of rotatable bonds is 11. The Kier molecular flexibility index (Phi) is 11.7. The van der Waals surface area contributed by atoms with E-state index >= 15 is 0 Å². The second-order valence-electron chi connectivity index (χ2n) is 9.09. The lowest BCUT2D eigenvalue weighted by Crippen LogP contribution is -2.51. The first-order chi connectivity index (χ1) is 19.6. The number of amides is 3. The Morgan fingerprint density at radius 2 is 1.80 bits per heavy atom. The largest absolute Gasteiger partial charge is 0.497 e. The molecule has 41 heavy (non-hydrogen) atoms. The maximum absolute atomic E-state index is 12.8. The molecular weight excluding hydrogens is 593 g/mol. The van der Waals surface area contributed by atoms with Crippen molar-refractivity contribution < 1.29 is 33.8 Å². The van der Waals surface area contributed by atoms with Gasteiger partial charge in [-0.05, 0) is 48.9 Å². The number of halogens is 2. The number of hydrogen-bond donors (Lipinski definition) is 3. The molecule has 0 bridgehead atoms. The standard InChI is InChI=1S/C28H31Cl2N3O7S/c1-39-18-6-7-19(21(14-18)40-2)27(36)31-15-20(28(37)38)32-26(35)17-10-12-33(13-11-17)23(34)9-5-16-4-8-22(41-3)25(30)24(16)29/h4-9,14,17,20H,10-13,15H2,1-3H3,(H,31,36)(H,32,35)(H,37,38)/t20-/m0/s1. The highest BCUT2D eigenvalue weighted by molar-refractivity contribution is 7.98. The lowest BCUT2D eigenvalue weighted by Gasteiger charge is -2.31. The molecule has 1 saturated heterocycles. The molecule has 1 aliphatic heterocycles. The normalized spacial score (nSPS) is 14.4. The highest BCUT2D eigenvalue weighted by Crippen LogP contribution is 2.35. The summed E-state index contributed by atoms with van der Waals surface area (Å²) in [6, 6.07) is 6.89. The zero-order valence-corrected chi connectivity index (χ0v) is 25.1. The summed E-state index contributed by atoms with van der Waals surface area (Å²) >= 11 is 14.1. The SMILES string of the molecule is COc1ccc(C(=O)NC[C@H](NC(=O)C2CCN(C(=O)C=Cc3ccc(SC)c(Cl)c3Cl)CC2)C(=O)O)c(OC)c1. The van der Waals surface area contributed by atoms with Crippen molar-refractivity contribution in [2.45, 2.75) is 23.8 Å². The van der Waals surface area contributed by atoms with E-state index in [9.17, 15) is 24.3 Å². The molecule has 3 rings (SSSR count). The summed E-state index contributed by atoms with van der Waals surface area (Å²) < 4.78 is 10.3. The topological polar surface area (TPSA) is 134 Å². The van der Waals surface area contributed by atoms with Crippen molar-refractivity contribution >= 4 is 64.7 Å². The van der Waals surface area contributed by atoms with Crippen LogP contribution in [0.2, 0.25) is 10.0 Å². The number of thioether (sulfide) groups is 1. The molecule has 1 atom stereocenters. The Balaban J connectivity index is 1.52. The molecule has 13 heteroatoms. The van der Waals surface area contributed by atoms with Crippen LogP contribution in [0.3, 0.4) is 0 Å². The smallest absolute Gasteiger partial charge is 0.328 e. The second-order valence-corrected chi connectivity index (χ2v) is 10.7. The van der Waals surface area contributed by atoms with Gasteiger partial charge < -0.3 is 30.1 Å². The molecule has 1 fully saturated rings. The summed E-state index contributed by atoms with van der Waals surface area (Å²) in [5.74, 6) is -2.26. The van der Waals surface area contributed by atoms with Crippen LogP contribution in [0.1, 0.15) is 28.8 Å². The van der Waals surface area contributed by atoms with Crippen molar-refractivity contribution in [1.29, 1.82) is 0 Å². The predicted molar refractivity (Wildman–Crippen MR) is 158 cm³/mol. The van der Waals surface area contributed by atoms with Crippen molar-refractivity contribution in [1.82, 2.24) is 15.5 Å². The van der Waals surface area contributed by atoms with Gasteiger partial charge >= 0.3 is 5.97 Å². The number of hydrogen-bond acceptors (Lipinski definition) is 7. The van der Waals surface area contributed by atoms with Crippen LogP contribution in [0.4, 0.5) is 0 Å². The third-order valence-electron chi connectivity index (χ3n) is 6.61. The summed E-state index contributed by atoms with van der Waals surface area (Å²) in [5.41, 5.74) is 0.812. The Morgan fingerprint density at radius 1 is 1.10 bits per heavy atom. The summed E-state index contributed by atoms with van der Waals surface area (Å²) in [6.07, 6.45) is 5.64. The van der Waals surface area contributed by atoms with Crippen LogP contribution in [0.25, 0.3) is 6.08 Å². The fourth-order valence-electron chi connectivity index (χ4n) is 4.23. The van der Waals surface area contributed by atoms with Crippen LogP contribution >= 0.6 is 35.0 Å². The van der Waals surface area contributed by atoms with Crippen molar-refractivity contribution in [3.05, 3.63) is 57.6 Å². The number of likely N-dealkylation sites (tertiary alicyclic amines) is 1. The fourth-order valence-corrected chi connectivity index (χ4v) is 5.40. The summed E-state index contributed by atoms with van der Waals surface area (Å²) in [7, 11) is 2.88. The van der Waals surface area contributed by atoms with Gasteiger partial charge in [0, 0.05) is 42.6 Å². The molecule has 1 heterocycles. The van der Waals surface area contributed by atoms with E-state index in [1.807, 2.05) is 12.3 Å². The van der Waals surface area contributed by atoms with Crippen molar-refractivity contribution in [2.75, 3.05) is 40.1 Å². The first-order valence-electron chi connectivity index (χ1n) is 12.6. The average molecular weight is 625 g/mol. The Bertz CT molecular complexity index is 1330. The number of nitrogens with zero attached hydrogens (tertiary/aromatic N) is 1. The number of piperidine rings is 1. The van der Waals surface area contributed by atoms with Gasteiger partial charge in [-0.1, -0.05) is 29.3 Å². The van der Waals surface area contributed by atoms with Crippen LogP contribution in [-0.2, 0) is 14.4 Å². The van der Waals surface area contributed by atoms with Gasteiger partial charge in [-0.15, -0.1) is 11.8 Å². The molecule has 0 radical (unpaired) electrons. The zero-order valence-electron chi connectivity index (χ0n) is 22.7. The van der Waals surface area contributed by atoms with Crippen LogP contribution in [-0.4, -0.2) is 79.8 Å². The first-order valence-corrected chi connectivity index (χ1v) is 14.6.